The van der Waals surface area contributed by atoms with Crippen molar-refractivity contribution in [2.75, 3.05) is 0 Å². The summed E-state index contributed by atoms with van der Waals surface area (Å²) in [7, 11) is 0. The van der Waals surface area contributed by atoms with Crippen LogP contribution in [0.25, 0.3) is 0 Å². The lowest BCUT2D eigenvalue weighted by molar-refractivity contribution is 0.604. The first-order valence-electron chi connectivity index (χ1n) is 6.13. The normalized spacial score (nSPS) is 12.3. The molecular weight excluding hydrogens is 227 g/mol. The molecule has 0 aliphatic carbocycles. The highest BCUT2D eigenvalue weighted by molar-refractivity contribution is 5.17. The number of hydrogen-bond donors (Lipinski definition) is 1. The van der Waals surface area contributed by atoms with E-state index in [0.29, 0.717) is 0 Å². The van der Waals surface area contributed by atoms with Gasteiger partial charge in [0, 0.05) is 18.4 Å². The van der Waals surface area contributed by atoms with Gasteiger partial charge in [0.25, 0.3) is 0 Å². The Balaban J connectivity index is 1.82. The standard InChI is InChI=1S/C15H17FN2/c16-14-6-3-12(4-7-14)10-15(17)8-5-13-2-1-9-18-11-13/h1-4,6-7,9,11,15H,5,8,10,17H2. The van der Waals surface area contributed by atoms with Gasteiger partial charge in [-0.05, 0) is 48.6 Å². The monoisotopic (exact) mass is 244 g/mol. The van der Waals surface area contributed by atoms with Crippen LogP contribution in [0.15, 0.2) is 48.8 Å². The van der Waals surface area contributed by atoms with Gasteiger partial charge in [-0.3, -0.25) is 4.98 Å². The van der Waals surface area contributed by atoms with Crippen LogP contribution in [-0.2, 0) is 12.8 Å². The largest absolute Gasteiger partial charge is 0.327 e. The van der Waals surface area contributed by atoms with Gasteiger partial charge in [-0.2, -0.15) is 0 Å². The maximum atomic E-state index is 12.8. The molecule has 0 fully saturated rings. The zero-order valence-corrected chi connectivity index (χ0v) is 10.2. The van der Waals surface area contributed by atoms with E-state index in [4.69, 9.17) is 5.73 Å². The second-order valence-electron chi connectivity index (χ2n) is 4.49. The molecule has 0 aliphatic heterocycles. The first kappa shape index (κ1) is 12.7. The van der Waals surface area contributed by atoms with E-state index in [1.807, 2.05) is 12.3 Å². The summed E-state index contributed by atoms with van der Waals surface area (Å²) in [6.45, 7) is 0. The number of aromatic nitrogens is 1. The average Bonchev–Trinajstić information content (AvgIpc) is 2.40. The minimum absolute atomic E-state index is 0.0932. The van der Waals surface area contributed by atoms with Gasteiger partial charge in [0.2, 0.25) is 0 Å². The summed E-state index contributed by atoms with van der Waals surface area (Å²) in [5.41, 5.74) is 8.36. The van der Waals surface area contributed by atoms with E-state index in [0.717, 1.165) is 24.8 Å². The van der Waals surface area contributed by atoms with Crippen LogP contribution in [0.1, 0.15) is 17.5 Å². The molecule has 0 bridgehead atoms. The van der Waals surface area contributed by atoms with Gasteiger partial charge < -0.3 is 5.73 Å². The first-order valence-corrected chi connectivity index (χ1v) is 6.13. The Morgan fingerprint density at radius 1 is 1.11 bits per heavy atom. The van der Waals surface area contributed by atoms with Crippen molar-refractivity contribution in [3.8, 4) is 0 Å². The number of nitrogens with zero attached hydrogens (tertiary/aromatic N) is 1. The highest BCUT2D eigenvalue weighted by atomic mass is 19.1. The van der Waals surface area contributed by atoms with Crippen molar-refractivity contribution in [2.24, 2.45) is 5.73 Å². The predicted octanol–water partition coefficient (Wildman–Crippen LogP) is 2.72. The van der Waals surface area contributed by atoms with Gasteiger partial charge in [0.05, 0.1) is 0 Å². The van der Waals surface area contributed by atoms with Gasteiger partial charge in [-0.25, -0.2) is 4.39 Å². The zero-order valence-electron chi connectivity index (χ0n) is 10.2. The minimum Gasteiger partial charge on any atom is -0.327 e. The van der Waals surface area contributed by atoms with Crippen molar-refractivity contribution < 1.29 is 4.39 Å². The molecule has 1 aromatic carbocycles. The Hall–Kier alpha value is -1.74. The molecular formula is C15H17FN2. The number of halogens is 1. The molecule has 1 unspecified atom stereocenters. The van der Waals surface area contributed by atoms with E-state index in [1.54, 1.807) is 18.3 Å². The van der Waals surface area contributed by atoms with Crippen LogP contribution >= 0.6 is 0 Å². The molecule has 2 aromatic rings. The number of nitrogens with two attached hydrogens (primary N) is 1. The topological polar surface area (TPSA) is 38.9 Å². The van der Waals surface area contributed by atoms with Gasteiger partial charge >= 0.3 is 0 Å². The Morgan fingerprint density at radius 3 is 2.56 bits per heavy atom. The minimum atomic E-state index is -0.206. The Morgan fingerprint density at radius 2 is 1.89 bits per heavy atom. The summed E-state index contributed by atoms with van der Waals surface area (Å²) in [6, 6.07) is 10.6. The van der Waals surface area contributed by atoms with Crippen molar-refractivity contribution in [1.29, 1.82) is 0 Å². The second-order valence-corrected chi connectivity index (χ2v) is 4.49. The van der Waals surface area contributed by atoms with Crippen LogP contribution in [0.3, 0.4) is 0 Å². The zero-order chi connectivity index (χ0) is 12.8. The van der Waals surface area contributed by atoms with E-state index in [-0.39, 0.29) is 11.9 Å². The lowest BCUT2D eigenvalue weighted by atomic mass is 10.0. The predicted molar refractivity (Wildman–Crippen MR) is 70.6 cm³/mol. The van der Waals surface area contributed by atoms with Crippen molar-refractivity contribution in [3.63, 3.8) is 0 Å². The lowest BCUT2D eigenvalue weighted by Gasteiger charge is -2.11. The lowest BCUT2D eigenvalue weighted by Crippen LogP contribution is -2.23. The molecule has 2 nitrogen and oxygen atoms in total. The molecule has 1 atom stereocenters. The fourth-order valence-corrected chi connectivity index (χ4v) is 1.92. The van der Waals surface area contributed by atoms with Crippen LogP contribution in [0.4, 0.5) is 4.39 Å². The molecule has 94 valence electrons. The van der Waals surface area contributed by atoms with Crippen LogP contribution in [-0.4, -0.2) is 11.0 Å². The quantitative estimate of drug-likeness (QED) is 0.878. The third kappa shape index (κ3) is 3.93. The van der Waals surface area contributed by atoms with Crippen molar-refractivity contribution in [1.82, 2.24) is 4.98 Å². The van der Waals surface area contributed by atoms with Gasteiger partial charge in [0.15, 0.2) is 0 Å². The molecule has 1 heterocycles. The van der Waals surface area contributed by atoms with E-state index in [1.165, 1.54) is 17.7 Å². The van der Waals surface area contributed by atoms with Gasteiger partial charge in [-0.1, -0.05) is 18.2 Å². The summed E-state index contributed by atoms with van der Waals surface area (Å²) in [5.74, 6) is -0.206. The smallest absolute Gasteiger partial charge is 0.123 e. The molecule has 0 aliphatic rings. The number of pyridine rings is 1. The van der Waals surface area contributed by atoms with E-state index in [2.05, 4.69) is 11.1 Å². The molecule has 3 heteroatoms. The molecule has 0 saturated carbocycles. The van der Waals surface area contributed by atoms with Gasteiger partial charge in [0.1, 0.15) is 5.82 Å². The third-order valence-electron chi connectivity index (χ3n) is 2.94. The summed E-state index contributed by atoms with van der Waals surface area (Å²) < 4.78 is 12.8. The fourth-order valence-electron chi connectivity index (χ4n) is 1.92. The van der Waals surface area contributed by atoms with Gasteiger partial charge in [-0.15, -0.1) is 0 Å². The van der Waals surface area contributed by atoms with Crippen molar-refractivity contribution >= 4 is 0 Å². The highest BCUT2D eigenvalue weighted by Crippen LogP contribution is 2.09. The molecule has 2 rings (SSSR count). The number of benzene rings is 1. The molecule has 0 radical (unpaired) electrons. The molecule has 0 saturated heterocycles. The molecule has 2 N–H and O–H groups in total. The Kier molecular flexibility index (Phi) is 4.42. The third-order valence-corrected chi connectivity index (χ3v) is 2.94. The van der Waals surface area contributed by atoms with E-state index in [9.17, 15) is 4.39 Å². The average molecular weight is 244 g/mol. The number of rotatable bonds is 5. The summed E-state index contributed by atoms with van der Waals surface area (Å²) in [5, 5.41) is 0. The highest BCUT2D eigenvalue weighted by Gasteiger charge is 2.05. The second kappa shape index (κ2) is 6.26. The molecule has 1 aromatic heterocycles. The summed E-state index contributed by atoms with van der Waals surface area (Å²) >= 11 is 0. The summed E-state index contributed by atoms with van der Waals surface area (Å²) in [6.07, 6.45) is 6.24. The number of aryl methyl sites for hydroxylation is 1. The molecule has 18 heavy (non-hydrogen) atoms. The van der Waals surface area contributed by atoms with Crippen LogP contribution in [0.5, 0.6) is 0 Å². The first-order chi connectivity index (χ1) is 8.74. The maximum Gasteiger partial charge on any atom is 0.123 e. The van der Waals surface area contributed by atoms with Crippen molar-refractivity contribution in [3.05, 3.63) is 65.7 Å². The molecule has 0 spiro atoms. The number of hydrogen-bond acceptors (Lipinski definition) is 2. The SMILES string of the molecule is NC(CCc1cccnc1)Cc1ccc(F)cc1. The Bertz CT molecular complexity index is 468. The van der Waals surface area contributed by atoms with E-state index < -0.39 is 0 Å². The summed E-state index contributed by atoms with van der Waals surface area (Å²) in [4.78, 5) is 4.07. The Labute approximate surface area is 107 Å². The van der Waals surface area contributed by atoms with Crippen LogP contribution < -0.4 is 5.73 Å². The van der Waals surface area contributed by atoms with Crippen molar-refractivity contribution in [2.45, 2.75) is 25.3 Å². The van der Waals surface area contributed by atoms with E-state index >= 15 is 0 Å². The van der Waals surface area contributed by atoms with Crippen LogP contribution in [0, 0.1) is 5.82 Å². The maximum absolute atomic E-state index is 12.8. The van der Waals surface area contributed by atoms with Crippen LogP contribution in [0.2, 0.25) is 0 Å². The fraction of sp³-hybridized carbons (Fsp3) is 0.267. The molecule has 0 amide bonds.